The van der Waals surface area contributed by atoms with Crippen molar-refractivity contribution in [1.29, 1.82) is 0 Å². The molecule has 3 rings (SSSR count). The molecule has 0 unspecified atom stereocenters. The van der Waals surface area contributed by atoms with E-state index < -0.39 is 6.10 Å². The Labute approximate surface area is 92.5 Å². The molecule has 0 fully saturated rings. The SMILES string of the molecule is C[C@@H]1CCn2c(=O)[nH]c3cccc(c32)[C@H]1O. The van der Waals surface area contributed by atoms with Crippen LogP contribution in [0.3, 0.4) is 0 Å². The van der Waals surface area contributed by atoms with E-state index in [0.29, 0.717) is 6.54 Å². The second kappa shape index (κ2) is 3.22. The summed E-state index contributed by atoms with van der Waals surface area (Å²) < 4.78 is 1.73. The Kier molecular flexibility index (Phi) is 1.94. The van der Waals surface area contributed by atoms with Gasteiger partial charge in [0.05, 0.1) is 17.1 Å². The molecule has 4 nitrogen and oxygen atoms in total. The van der Waals surface area contributed by atoms with Crippen LogP contribution in [0.1, 0.15) is 25.0 Å². The van der Waals surface area contributed by atoms with Crippen LogP contribution in [-0.4, -0.2) is 14.7 Å². The first-order chi connectivity index (χ1) is 7.68. The van der Waals surface area contributed by atoms with Crippen molar-refractivity contribution in [2.24, 2.45) is 5.92 Å². The molecule has 4 heteroatoms. The molecule has 2 atom stereocenters. The van der Waals surface area contributed by atoms with Gasteiger partial charge in [-0.15, -0.1) is 0 Å². The van der Waals surface area contributed by atoms with Gasteiger partial charge in [0, 0.05) is 12.1 Å². The highest BCUT2D eigenvalue weighted by atomic mass is 16.3. The molecule has 2 N–H and O–H groups in total. The van der Waals surface area contributed by atoms with Crippen LogP contribution >= 0.6 is 0 Å². The van der Waals surface area contributed by atoms with Crippen LogP contribution in [0.5, 0.6) is 0 Å². The van der Waals surface area contributed by atoms with Crippen molar-refractivity contribution >= 4 is 11.0 Å². The van der Waals surface area contributed by atoms with Gasteiger partial charge in [-0.2, -0.15) is 0 Å². The number of aryl methyl sites for hydroxylation is 1. The van der Waals surface area contributed by atoms with Crippen molar-refractivity contribution in [3.05, 3.63) is 34.2 Å². The van der Waals surface area contributed by atoms with E-state index in [4.69, 9.17) is 0 Å². The van der Waals surface area contributed by atoms with Crippen molar-refractivity contribution in [2.45, 2.75) is 26.0 Å². The highest BCUT2D eigenvalue weighted by molar-refractivity contribution is 5.79. The predicted octanol–water partition coefficient (Wildman–Crippen LogP) is 1.40. The number of imidazole rings is 1. The molecule has 0 radical (unpaired) electrons. The Morgan fingerprint density at radius 1 is 1.50 bits per heavy atom. The number of benzene rings is 1. The molecule has 84 valence electrons. The summed E-state index contributed by atoms with van der Waals surface area (Å²) in [5.41, 5.74) is 2.46. The van der Waals surface area contributed by atoms with Crippen molar-refractivity contribution in [3.63, 3.8) is 0 Å². The minimum absolute atomic E-state index is 0.0799. The quantitative estimate of drug-likeness (QED) is 0.702. The summed E-state index contributed by atoms with van der Waals surface area (Å²) in [6.07, 6.45) is 0.343. The number of nitrogens with one attached hydrogen (secondary N) is 1. The van der Waals surface area contributed by atoms with Crippen molar-refractivity contribution in [2.75, 3.05) is 0 Å². The van der Waals surface area contributed by atoms with E-state index in [0.717, 1.165) is 23.0 Å². The molecule has 1 aliphatic heterocycles. The molecule has 0 bridgehead atoms. The Morgan fingerprint density at radius 3 is 3.12 bits per heavy atom. The Bertz CT molecular complexity index is 597. The number of aliphatic hydroxyl groups is 1. The molecule has 1 aromatic heterocycles. The molecule has 16 heavy (non-hydrogen) atoms. The van der Waals surface area contributed by atoms with Crippen LogP contribution in [0.2, 0.25) is 0 Å². The number of hydrogen-bond donors (Lipinski definition) is 2. The predicted molar refractivity (Wildman–Crippen MR) is 61.3 cm³/mol. The van der Waals surface area contributed by atoms with Gasteiger partial charge in [-0.25, -0.2) is 4.79 Å². The highest BCUT2D eigenvalue weighted by Crippen LogP contribution is 2.32. The molecule has 0 amide bonds. The smallest absolute Gasteiger partial charge is 0.326 e. The summed E-state index contributed by atoms with van der Waals surface area (Å²) in [5, 5.41) is 10.2. The van der Waals surface area contributed by atoms with E-state index in [1.165, 1.54) is 0 Å². The summed E-state index contributed by atoms with van der Waals surface area (Å²) in [4.78, 5) is 14.6. The molecule has 0 spiro atoms. The number of hydrogen-bond acceptors (Lipinski definition) is 2. The molecule has 1 aliphatic rings. The average Bonchev–Trinajstić information content (AvgIpc) is 2.53. The summed E-state index contributed by atoms with van der Waals surface area (Å²) in [7, 11) is 0. The number of para-hydroxylation sites is 1. The van der Waals surface area contributed by atoms with Gasteiger partial charge in [0.25, 0.3) is 0 Å². The standard InChI is InChI=1S/C12H14N2O2/c1-7-5-6-14-10-8(11(7)15)3-2-4-9(10)13-12(14)16/h2-4,7,11,15H,5-6H2,1H3,(H,13,16)/t7-,11+/m1/s1. The van der Waals surface area contributed by atoms with Crippen LogP contribution in [0.4, 0.5) is 0 Å². The Morgan fingerprint density at radius 2 is 2.31 bits per heavy atom. The molecule has 2 heterocycles. The Hall–Kier alpha value is -1.55. The van der Waals surface area contributed by atoms with Crippen LogP contribution in [0.25, 0.3) is 11.0 Å². The lowest BCUT2D eigenvalue weighted by molar-refractivity contribution is 0.115. The van der Waals surface area contributed by atoms with E-state index >= 15 is 0 Å². The van der Waals surface area contributed by atoms with E-state index in [9.17, 15) is 9.90 Å². The molecule has 0 saturated heterocycles. The first kappa shape index (κ1) is 9.66. The minimum atomic E-state index is -0.479. The van der Waals surface area contributed by atoms with Gasteiger partial charge < -0.3 is 10.1 Å². The number of aromatic amines is 1. The summed E-state index contributed by atoms with van der Waals surface area (Å²) in [5.74, 6) is 0.185. The lowest BCUT2D eigenvalue weighted by Gasteiger charge is -2.15. The number of aliphatic hydroxyl groups excluding tert-OH is 1. The maximum absolute atomic E-state index is 11.7. The monoisotopic (exact) mass is 218 g/mol. The topological polar surface area (TPSA) is 58.0 Å². The van der Waals surface area contributed by atoms with Crippen molar-refractivity contribution in [1.82, 2.24) is 9.55 Å². The lowest BCUT2D eigenvalue weighted by Crippen LogP contribution is -2.17. The first-order valence-electron chi connectivity index (χ1n) is 5.58. The molecule has 2 aromatic rings. The number of nitrogens with zero attached hydrogens (tertiary/aromatic N) is 1. The lowest BCUT2D eigenvalue weighted by atomic mass is 9.95. The average molecular weight is 218 g/mol. The molecular formula is C12H14N2O2. The fraction of sp³-hybridized carbons (Fsp3) is 0.417. The fourth-order valence-electron chi connectivity index (χ4n) is 2.50. The number of rotatable bonds is 0. The van der Waals surface area contributed by atoms with Gasteiger partial charge >= 0.3 is 5.69 Å². The number of aromatic nitrogens is 2. The van der Waals surface area contributed by atoms with Crippen LogP contribution in [-0.2, 0) is 6.54 Å². The molecular weight excluding hydrogens is 204 g/mol. The van der Waals surface area contributed by atoms with Crippen molar-refractivity contribution in [3.8, 4) is 0 Å². The molecule has 0 saturated carbocycles. The van der Waals surface area contributed by atoms with Crippen LogP contribution < -0.4 is 5.69 Å². The van der Waals surface area contributed by atoms with E-state index in [1.54, 1.807) is 4.57 Å². The summed E-state index contributed by atoms with van der Waals surface area (Å²) >= 11 is 0. The zero-order valence-electron chi connectivity index (χ0n) is 9.10. The number of H-pyrrole nitrogens is 1. The van der Waals surface area contributed by atoms with E-state index in [2.05, 4.69) is 4.98 Å². The molecule has 1 aromatic carbocycles. The fourth-order valence-corrected chi connectivity index (χ4v) is 2.50. The molecule has 0 aliphatic carbocycles. The summed E-state index contributed by atoms with van der Waals surface area (Å²) in [6.45, 7) is 2.69. The zero-order valence-corrected chi connectivity index (χ0v) is 9.10. The van der Waals surface area contributed by atoms with Crippen LogP contribution in [0, 0.1) is 5.92 Å². The second-order valence-electron chi connectivity index (χ2n) is 4.54. The second-order valence-corrected chi connectivity index (χ2v) is 4.54. The van der Waals surface area contributed by atoms with Gasteiger partial charge in [0.2, 0.25) is 0 Å². The largest absolute Gasteiger partial charge is 0.388 e. The normalized spacial score (nSPS) is 24.6. The Balaban J connectivity index is 2.41. The maximum Gasteiger partial charge on any atom is 0.326 e. The maximum atomic E-state index is 11.7. The van der Waals surface area contributed by atoms with Gasteiger partial charge in [0.15, 0.2) is 0 Å². The van der Waals surface area contributed by atoms with Gasteiger partial charge in [-0.1, -0.05) is 19.1 Å². The third-order valence-corrected chi connectivity index (χ3v) is 3.49. The van der Waals surface area contributed by atoms with E-state index in [-0.39, 0.29) is 11.6 Å². The van der Waals surface area contributed by atoms with Gasteiger partial charge in [-0.05, 0) is 18.4 Å². The highest BCUT2D eigenvalue weighted by Gasteiger charge is 2.25. The zero-order chi connectivity index (χ0) is 11.3. The van der Waals surface area contributed by atoms with E-state index in [1.807, 2.05) is 25.1 Å². The minimum Gasteiger partial charge on any atom is -0.388 e. The third-order valence-electron chi connectivity index (χ3n) is 3.49. The first-order valence-corrected chi connectivity index (χ1v) is 5.58. The summed E-state index contributed by atoms with van der Waals surface area (Å²) in [6, 6.07) is 5.65. The van der Waals surface area contributed by atoms with Crippen LogP contribution in [0.15, 0.2) is 23.0 Å². The third kappa shape index (κ3) is 1.16. The van der Waals surface area contributed by atoms with Gasteiger partial charge in [0.1, 0.15) is 0 Å². The van der Waals surface area contributed by atoms with Crippen molar-refractivity contribution < 1.29 is 5.11 Å². The van der Waals surface area contributed by atoms with Gasteiger partial charge in [-0.3, -0.25) is 4.57 Å².